The summed E-state index contributed by atoms with van der Waals surface area (Å²) < 4.78 is 60.7. The van der Waals surface area contributed by atoms with Gasteiger partial charge in [-0.25, -0.2) is 4.39 Å². The number of halogens is 4. The Morgan fingerprint density at radius 2 is 1.94 bits per heavy atom. The monoisotopic (exact) mass is 443 g/mol. The molecule has 0 spiro atoms. The van der Waals surface area contributed by atoms with Gasteiger partial charge in [-0.1, -0.05) is 13.8 Å². The molecule has 0 fully saturated rings. The Morgan fingerprint density at radius 1 is 1.23 bits per heavy atom. The van der Waals surface area contributed by atoms with Crippen molar-refractivity contribution in [1.29, 1.82) is 0 Å². The molecule has 3 rings (SSSR count). The lowest BCUT2D eigenvalue weighted by atomic mass is 9.77. The summed E-state index contributed by atoms with van der Waals surface area (Å²) >= 11 is 0. The van der Waals surface area contributed by atoms with Crippen molar-refractivity contribution in [2.45, 2.75) is 50.7 Å². The van der Waals surface area contributed by atoms with Crippen LogP contribution in [-0.2, 0) is 18.5 Å². The zero-order valence-corrected chi connectivity index (χ0v) is 17.3. The van der Waals surface area contributed by atoms with Gasteiger partial charge >= 0.3 is 6.18 Å². The summed E-state index contributed by atoms with van der Waals surface area (Å²) in [4.78, 5) is 2.94. The minimum absolute atomic E-state index is 0.168. The van der Waals surface area contributed by atoms with Crippen LogP contribution in [0.2, 0.25) is 0 Å². The topological polar surface area (TPSA) is 80.8 Å². The number of hydroxylamine groups is 2. The molecule has 170 valence electrons. The molecule has 1 aromatic heterocycles. The van der Waals surface area contributed by atoms with Crippen LogP contribution in [0.25, 0.3) is 6.08 Å². The van der Waals surface area contributed by atoms with Crippen LogP contribution in [-0.4, -0.2) is 39.4 Å². The van der Waals surface area contributed by atoms with Crippen molar-refractivity contribution in [2.24, 2.45) is 0 Å². The Hall–Kier alpha value is -2.56. The van der Waals surface area contributed by atoms with Crippen molar-refractivity contribution in [3.63, 3.8) is 0 Å². The maximum absolute atomic E-state index is 13.9. The highest BCUT2D eigenvalue weighted by atomic mass is 19.4. The Morgan fingerprint density at radius 3 is 2.58 bits per heavy atom. The molecule has 0 radical (unpaired) electrons. The number of aromatic amines is 1. The van der Waals surface area contributed by atoms with Crippen LogP contribution in [0.3, 0.4) is 0 Å². The molecule has 0 saturated carbocycles. The number of ether oxygens (including phenoxy) is 1. The van der Waals surface area contributed by atoms with Gasteiger partial charge in [0.2, 0.25) is 5.72 Å². The molecular weight excluding hydrogens is 418 g/mol. The van der Waals surface area contributed by atoms with Crippen LogP contribution in [0.15, 0.2) is 30.5 Å². The molecule has 0 aliphatic carbocycles. The van der Waals surface area contributed by atoms with Crippen LogP contribution in [0.5, 0.6) is 5.75 Å². The fourth-order valence-electron chi connectivity index (χ4n) is 3.78. The predicted octanol–water partition coefficient (Wildman–Crippen LogP) is 4.05. The number of H-pyrrole nitrogens is 1. The predicted molar refractivity (Wildman–Crippen MR) is 106 cm³/mol. The molecule has 0 bridgehead atoms. The normalized spacial score (nSPS) is 16.2. The summed E-state index contributed by atoms with van der Waals surface area (Å²) in [7, 11) is 1.34. The van der Waals surface area contributed by atoms with Crippen LogP contribution >= 0.6 is 0 Å². The van der Waals surface area contributed by atoms with E-state index in [2.05, 4.69) is 10.3 Å². The molecule has 1 aliphatic heterocycles. The van der Waals surface area contributed by atoms with Crippen molar-refractivity contribution < 1.29 is 32.6 Å². The molecule has 31 heavy (non-hydrogen) atoms. The average molecular weight is 443 g/mol. The molecule has 6 nitrogen and oxygen atoms in total. The average Bonchev–Trinajstić information content (AvgIpc) is 3.07. The Balaban J connectivity index is 1.84. The summed E-state index contributed by atoms with van der Waals surface area (Å²) in [6, 6.07) is 5.25. The molecule has 2 heterocycles. The number of aliphatic hydroxyl groups is 1. The van der Waals surface area contributed by atoms with E-state index in [4.69, 9.17) is 4.74 Å². The number of nitrogens with zero attached hydrogens (tertiary/aromatic N) is 1. The molecule has 1 aliphatic rings. The third-order valence-electron chi connectivity index (χ3n) is 5.36. The molecule has 1 aromatic carbocycles. The van der Waals surface area contributed by atoms with E-state index < -0.39 is 29.6 Å². The minimum Gasteiger partial charge on any atom is -0.496 e. The smallest absolute Gasteiger partial charge is 0.431 e. The standard InChI is InChI=1S/C21H25F4N3O3/c1-19(2,16-9-14(22)4-5-18(16)31-3)12-20(29,21(23,24)25)26-10-15-8-13-6-7-28(30)11-17(13)27-15/h4-9,26-27,29-30H,10-12H2,1-3H3. The van der Waals surface area contributed by atoms with Crippen LogP contribution in [0.4, 0.5) is 17.6 Å². The lowest BCUT2D eigenvalue weighted by Crippen LogP contribution is -2.59. The zero-order chi connectivity index (χ0) is 23.0. The molecule has 4 N–H and O–H groups in total. The van der Waals surface area contributed by atoms with E-state index in [9.17, 15) is 27.9 Å². The number of fused-ring (bicyclic) bond motifs is 1. The first-order valence-electron chi connectivity index (χ1n) is 9.57. The quantitative estimate of drug-likeness (QED) is 0.384. The second-order valence-electron chi connectivity index (χ2n) is 8.26. The second kappa shape index (κ2) is 8.18. The number of benzene rings is 1. The number of alkyl halides is 3. The van der Waals surface area contributed by atoms with Crippen LogP contribution in [0, 0.1) is 5.82 Å². The third kappa shape index (κ3) is 4.86. The van der Waals surface area contributed by atoms with Gasteiger partial charge in [-0.2, -0.15) is 13.2 Å². The Bertz CT molecular complexity index is 971. The lowest BCUT2D eigenvalue weighted by Gasteiger charge is -2.38. The fraction of sp³-hybridized carbons (Fsp3) is 0.429. The highest BCUT2D eigenvalue weighted by Crippen LogP contribution is 2.42. The van der Waals surface area contributed by atoms with E-state index in [1.807, 2.05) is 0 Å². The number of hydrogen-bond acceptors (Lipinski definition) is 5. The molecule has 0 saturated heterocycles. The molecule has 1 atom stereocenters. The minimum atomic E-state index is -5.00. The zero-order valence-electron chi connectivity index (χ0n) is 17.3. The first-order valence-corrected chi connectivity index (χ1v) is 9.57. The van der Waals surface area contributed by atoms with Crippen molar-refractivity contribution >= 4 is 6.08 Å². The Kier molecular flexibility index (Phi) is 6.09. The van der Waals surface area contributed by atoms with Crippen molar-refractivity contribution in [1.82, 2.24) is 15.4 Å². The SMILES string of the molecule is COc1ccc(F)cc1C(C)(C)CC(O)(NCc1cc2c([nH]1)CN(O)C=C2)C(F)(F)F. The number of hydrogen-bond donors (Lipinski definition) is 4. The first kappa shape index (κ1) is 23.1. The highest BCUT2D eigenvalue weighted by Gasteiger charge is 2.56. The van der Waals surface area contributed by atoms with Gasteiger partial charge in [-0.05, 0) is 41.3 Å². The van der Waals surface area contributed by atoms with E-state index in [0.717, 1.165) is 22.8 Å². The molecule has 10 heteroatoms. The van der Waals surface area contributed by atoms with Gasteiger partial charge in [0.15, 0.2) is 0 Å². The summed E-state index contributed by atoms with van der Waals surface area (Å²) in [6.07, 6.45) is -2.73. The largest absolute Gasteiger partial charge is 0.496 e. The van der Waals surface area contributed by atoms with Crippen molar-refractivity contribution in [3.8, 4) is 5.75 Å². The highest BCUT2D eigenvalue weighted by molar-refractivity contribution is 5.55. The summed E-state index contributed by atoms with van der Waals surface area (Å²) in [5.74, 6) is -0.386. The summed E-state index contributed by atoms with van der Waals surface area (Å²) in [5.41, 5.74) is -2.54. The van der Waals surface area contributed by atoms with E-state index in [-0.39, 0.29) is 24.4 Å². The fourth-order valence-corrected chi connectivity index (χ4v) is 3.78. The number of nitrogens with one attached hydrogen (secondary N) is 2. The van der Waals surface area contributed by atoms with Crippen molar-refractivity contribution in [2.75, 3.05) is 7.11 Å². The summed E-state index contributed by atoms with van der Waals surface area (Å²) in [5, 5.41) is 23.3. The van der Waals surface area contributed by atoms with Crippen LogP contribution in [0.1, 0.15) is 42.8 Å². The maximum Gasteiger partial charge on any atom is 0.431 e. The maximum atomic E-state index is 13.9. The number of aromatic nitrogens is 1. The van der Waals surface area contributed by atoms with Crippen molar-refractivity contribution in [3.05, 3.63) is 58.8 Å². The summed E-state index contributed by atoms with van der Waals surface area (Å²) in [6.45, 7) is 2.83. The lowest BCUT2D eigenvalue weighted by molar-refractivity contribution is -0.280. The van der Waals surface area contributed by atoms with Gasteiger partial charge in [0.05, 0.1) is 13.7 Å². The number of methoxy groups -OCH3 is 1. The van der Waals surface area contributed by atoms with E-state index in [1.165, 1.54) is 33.2 Å². The van der Waals surface area contributed by atoms with E-state index >= 15 is 0 Å². The second-order valence-corrected chi connectivity index (χ2v) is 8.26. The molecule has 1 unspecified atom stereocenters. The first-order chi connectivity index (χ1) is 14.3. The Labute approximate surface area is 177 Å². The van der Waals surface area contributed by atoms with Crippen LogP contribution < -0.4 is 10.1 Å². The van der Waals surface area contributed by atoms with Gasteiger partial charge in [-0.3, -0.25) is 15.6 Å². The van der Waals surface area contributed by atoms with Gasteiger partial charge in [0, 0.05) is 36.1 Å². The molecule has 0 amide bonds. The third-order valence-corrected chi connectivity index (χ3v) is 5.36. The molecular formula is C21H25F4N3O3. The van der Waals surface area contributed by atoms with E-state index in [0.29, 0.717) is 11.4 Å². The molecule has 2 aromatic rings. The van der Waals surface area contributed by atoms with Gasteiger partial charge in [0.1, 0.15) is 11.6 Å². The van der Waals surface area contributed by atoms with Gasteiger partial charge in [-0.15, -0.1) is 0 Å². The van der Waals surface area contributed by atoms with Gasteiger partial charge in [0.25, 0.3) is 0 Å². The number of rotatable bonds is 7. The van der Waals surface area contributed by atoms with Gasteiger partial charge < -0.3 is 14.8 Å². The van der Waals surface area contributed by atoms with E-state index in [1.54, 1.807) is 12.1 Å².